The molecule has 1 saturated carbocycles. The van der Waals surface area contributed by atoms with Crippen molar-refractivity contribution in [2.45, 2.75) is 51.1 Å². The summed E-state index contributed by atoms with van der Waals surface area (Å²) in [7, 11) is 1.38. The fraction of sp³-hybridized carbons (Fsp3) is 0.647. The summed E-state index contributed by atoms with van der Waals surface area (Å²) in [5.41, 5.74) is 0.449. The highest BCUT2D eigenvalue weighted by molar-refractivity contribution is 5.56. The van der Waals surface area contributed by atoms with Crippen molar-refractivity contribution in [3.8, 4) is 11.5 Å². The van der Waals surface area contributed by atoms with E-state index in [9.17, 15) is 15.2 Å². The van der Waals surface area contributed by atoms with Crippen LogP contribution < -0.4 is 14.7 Å². The van der Waals surface area contributed by atoms with Crippen molar-refractivity contribution in [3.05, 3.63) is 27.8 Å². The van der Waals surface area contributed by atoms with Crippen molar-refractivity contribution >= 4 is 5.69 Å². The van der Waals surface area contributed by atoms with Crippen LogP contribution in [-0.4, -0.2) is 24.6 Å². The molecule has 3 rings (SSSR count). The van der Waals surface area contributed by atoms with Gasteiger partial charge in [0.05, 0.1) is 24.6 Å². The van der Waals surface area contributed by atoms with Crippen molar-refractivity contribution in [2.24, 2.45) is 5.92 Å². The zero-order valence-electron chi connectivity index (χ0n) is 13.5. The first kappa shape index (κ1) is 16.1. The topological polar surface area (TPSA) is 79.9 Å². The molecule has 1 aliphatic heterocycles. The Morgan fingerprint density at radius 2 is 2.00 bits per heavy atom. The van der Waals surface area contributed by atoms with E-state index in [2.05, 4.69) is 0 Å². The Morgan fingerprint density at radius 3 is 2.74 bits per heavy atom. The third-order valence-corrected chi connectivity index (χ3v) is 5.45. The number of fused-ring (bicyclic) bond motifs is 1. The van der Waals surface area contributed by atoms with Crippen molar-refractivity contribution in [1.82, 2.24) is 0 Å². The number of benzene rings is 1. The van der Waals surface area contributed by atoms with E-state index in [4.69, 9.17) is 4.74 Å². The number of ether oxygens (including phenoxy) is 1. The van der Waals surface area contributed by atoms with Gasteiger partial charge < -0.3 is 14.7 Å². The number of hydrogen-bond donors (Lipinski definition) is 1. The van der Waals surface area contributed by atoms with Crippen LogP contribution in [0.25, 0.3) is 0 Å². The lowest BCUT2D eigenvalue weighted by Gasteiger charge is -2.41. The van der Waals surface area contributed by atoms with Gasteiger partial charge in [-0.3, -0.25) is 10.1 Å². The predicted octanol–water partition coefficient (Wildman–Crippen LogP) is 1.41. The largest absolute Gasteiger partial charge is 0.865 e. The smallest absolute Gasteiger partial charge is 0.265 e. The van der Waals surface area contributed by atoms with E-state index in [1.54, 1.807) is 6.07 Å². The van der Waals surface area contributed by atoms with E-state index >= 15 is 0 Å². The molecule has 2 aliphatic rings. The summed E-state index contributed by atoms with van der Waals surface area (Å²) in [6, 6.07) is 3.77. The van der Waals surface area contributed by atoms with Crippen molar-refractivity contribution < 1.29 is 19.7 Å². The Kier molecular flexibility index (Phi) is 4.71. The highest BCUT2D eigenvalue weighted by Gasteiger charge is 2.36. The highest BCUT2D eigenvalue weighted by atomic mass is 16.6. The number of nitro groups is 1. The molecule has 1 aromatic carbocycles. The molecule has 1 saturated heterocycles. The standard InChI is InChI=1S/C17H24N2O4/c1-23-16-10-12(9-15(17(16)20)19(21)22)11-18-8-4-6-13-5-2-3-7-14(13)18/h9-10,13-14,20H,2-8,11H2,1H3/t13-,14+/m1/s1. The van der Waals surface area contributed by atoms with Gasteiger partial charge >= 0.3 is 0 Å². The monoisotopic (exact) mass is 320 g/mol. The summed E-state index contributed by atoms with van der Waals surface area (Å²) in [6.45, 7) is 1.84. The molecule has 0 radical (unpaired) electrons. The zero-order chi connectivity index (χ0) is 16.4. The first-order chi connectivity index (χ1) is 11.1. The number of rotatable bonds is 4. The van der Waals surface area contributed by atoms with Gasteiger partial charge in [0.1, 0.15) is 12.3 Å². The highest BCUT2D eigenvalue weighted by Crippen LogP contribution is 2.34. The summed E-state index contributed by atoms with van der Waals surface area (Å²) in [6.07, 6.45) is 7.72. The summed E-state index contributed by atoms with van der Waals surface area (Å²) >= 11 is 0. The minimum absolute atomic E-state index is 0.0748. The fourth-order valence-corrected chi connectivity index (χ4v) is 4.38. The second kappa shape index (κ2) is 6.74. The van der Waals surface area contributed by atoms with Gasteiger partial charge in [-0.05, 0) is 38.2 Å². The van der Waals surface area contributed by atoms with E-state index in [0.717, 1.165) is 24.6 Å². The third-order valence-electron chi connectivity index (χ3n) is 5.45. The number of methoxy groups -OCH3 is 1. The quantitative estimate of drug-likeness (QED) is 0.672. The lowest BCUT2D eigenvalue weighted by atomic mass is 9.78. The van der Waals surface area contributed by atoms with Crippen LogP contribution in [0.4, 0.5) is 5.69 Å². The number of nitro benzene ring substituents is 1. The molecule has 2 fully saturated rings. The molecule has 6 nitrogen and oxygen atoms in total. The molecule has 1 aromatic rings. The maximum absolute atomic E-state index is 11.9. The average Bonchev–Trinajstić information content (AvgIpc) is 2.56. The number of nitrogens with zero attached hydrogens (tertiary/aromatic N) is 1. The summed E-state index contributed by atoms with van der Waals surface area (Å²) < 4.78 is 5.05. The maximum atomic E-state index is 11.9. The second-order valence-electron chi connectivity index (χ2n) is 6.78. The predicted molar refractivity (Wildman–Crippen MR) is 83.6 cm³/mol. The SMILES string of the molecule is COc1cc(C[NH+]2CCC[C@H]3CCCC[C@@H]32)cc([N+](=O)[O-])c1[O-]. The molecule has 1 N–H and O–H groups in total. The van der Waals surface area contributed by atoms with Crippen LogP contribution in [0.1, 0.15) is 44.1 Å². The Morgan fingerprint density at radius 1 is 1.26 bits per heavy atom. The number of quaternary nitrogens is 1. The van der Waals surface area contributed by atoms with Crippen LogP contribution >= 0.6 is 0 Å². The molecule has 1 unspecified atom stereocenters. The van der Waals surface area contributed by atoms with Crippen LogP contribution in [-0.2, 0) is 6.54 Å². The van der Waals surface area contributed by atoms with Crippen LogP contribution in [0.3, 0.4) is 0 Å². The molecule has 0 amide bonds. The van der Waals surface area contributed by atoms with Crippen molar-refractivity contribution in [2.75, 3.05) is 13.7 Å². The van der Waals surface area contributed by atoms with Gasteiger partial charge in [0.15, 0.2) is 0 Å². The zero-order valence-corrected chi connectivity index (χ0v) is 13.5. The number of likely N-dealkylation sites (tertiary alicyclic amines) is 1. The van der Waals surface area contributed by atoms with Crippen LogP contribution in [0.2, 0.25) is 0 Å². The fourth-order valence-electron chi connectivity index (χ4n) is 4.38. The first-order valence-electron chi connectivity index (χ1n) is 8.47. The normalized spacial score (nSPS) is 27.3. The van der Waals surface area contributed by atoms with Gasteiger partial charge in [-0.2, -0.15) is 0 Å². The number of piperidine rings is 1. The first-order valence-corrected chi connectivity index (χ1v) is 8.47. The number of nitrogens with one attached hydrogen (secondary N) is 1. The molecule has 126 valence electrons. The third kappa shape index (κ3) is 3.27. The van der Waals surface area contributed by atoms with Gasteiger partial charge in [0.2, 0.25) is 0 Å². The van der Waals surface area contributed by atoms with E-state index in [-0.39, 0.29) is 11.4 Å². The van der Waals surface area contributed by atoms with Gasteiger partial charge in [0, 0.05) is 23.3 Å². The lowest BCUT2D eigenvalue weighted by Crippen LogP contribution is -3.16. The van der Waals surface area contributed by atoms with E-state index in [1.807, 2.05) is 0 Å². The lowest BCUT2D eigenvalue weighted by molar-refractivity contribution is -0.949. The Hall–Kier alpha value is -1.82. The molecule has 0 aromatic heterocycles. The number of hydrogen-bond acceptors (Lipinski definition) is 4. The van der Waals surface area contributed by atoms with E-state index < -0.39 is 10.7 Å². The Balaban J connectivity index is 1.84. The van der Waals surface area contributed by atoms with Gasteiger partial charge in [-0.15, -0.1) is 0 Å². The molecular formula is C17H24N2O4. The summed E-state index contributed by atoms with van der Waals surface area (Å²) in [5.74, 6) is 0.236. The Bertz CT molecular complexity index is 588. The molecule has 3 atom stereocenters. The summed E-state index contributed by atoms with van der Waals surface area (Å²) in [4.78, 5) is 12.0. The van der Waals surface area contributed by atoms with Gasteiger partial charge in [0.25, 0.3) is 5.69 Å². The molecule has 23 heavy (non-hydrogen) atoms. The van der Waals surface area contributed by atoms with Crippen LogP contribution in [0.15, 0.2) is 12.1 Å². The van der Waals surface area contributed by atoms with Gasteiger partial charge in [-0.1, -0.05) is 6.42 Å². The average molecular weight is 320 g/mol. The molecule has 1 aliphatic carbocycles. The molecule has 1 heterocycles. The van der Waals surface area contributed by atoms with Gasteiger partial charge in [-0.25, -0.2) is 0 Å². The molecule has 0 bridgehead atoms. The minimum atomic E-state index is -0.634. The second-order valence-corrected chi connectivity index (χ2v) is 6.78. The van der Waals surface area contributed by atoms with Crippen molar-refractivity contribution in [3.63, 3.8) is 0 Å². The summed E-state index contributed by atoms with van der Waals surface area (Å²) in [5, 5.41) is 23.0. The molecule has 0 spiro atoms. The molecular weight excluding hydrogens is 296 g/mol. The van der Waals surface area contributed by atoms with E-state index in [1.165, 1.54) is 56.6 Å². The van der Waals surface area contributed by atoms with Crippen molar-refractivity contribution in [1.29, 1.82) is 0 Å². The minimum Gasteiger partial charge on any atom is -0.865 e. The van der Waals surface area contributed by atoms with Crippen LogP contribution in [0.5, 0.6) is 11.5 Å². The molecule has 6 heteroatoms. The Labute approximate surface area is 136 Å². The maximum Gasteiger partial charge on any atom is 0.265 e. The van der Waals surface area contributed by atoms with Crippen LogP contribution in [0, 0.1) is 16.0 Å². The van der Waals surface area contributed by atoms with E-state index in [0.29, 0.717) is 6.04 Å².